The monoisotopic (exact) mass is 289 g/mol. The first-order valence-electron chi connectivity index (χ1n) is 6.84. The Kier molecular flexibility index (Phi) is 2.66. The van der Waals surface area contributed by atoms with Crippen molar-refractivity contribution in [1.82, 2.24) is 15.2 Å². The molecule has 0 aliphatic rings. The molecule has 0 amide bonds. The first kappa shape index (κ1) is 12.5. The molecule has 2 aromatic heterocycles. The highest BCUT2D eigenvalue weighted by atomic mass is 16.1. The molecule has 106 valence electrons. The summed E-state index contributed by atoms with van der Waals surface area (Å²) in [6.07, 6.45) is 0. The minimum absolute atomic E-state index is 0.314. The van der Waals surface area contributed by atoms with E-state index in [1.807, 2.05) is 48.5 Å². The van der Waals surface area contributed by atoms with Gasteiger partial charge < -0.3 is 0 Å². The smallest absolute Gasteiger partial charge is 0.267 e. The van der Waals surface area contributed by atoms with Crippen LogP contribution in [0.5, 0.6) is 0 Å². The number of para-hydroxylation sites is 1. The van der Waals surface area contributed by atoms with Gasteiger partial charge in [0, 0.05) is 10.9 Å². The van der Waals surface area contributed by atoms with Crippen LogP contribution in [0.1, 0.15) is 0 Å². The van der Waals surface area contributed by atoms with E-state index in [1.54, 1.807) is 6.07 Å². The van der Waals surface area contributed by atoms with E-state index in [4.69, 9.17) is 0 Å². The van der Waals surface area contributed by atoms with Crippen molar-refractivity contribution in [2.75, 3.05) is 0 Å². The van der Waals surface area contributed by atoms with Gasteiger partial charge in [0.2, 0.25) is 0 Å². The Morgan fingerprint density at radius 1 is 0.727 bits per heavy atom. The normalized spacial score (nSPS) is 11.1. The van der Waals surface area contributed by atoms with Crippen molar-refractivity contribution >= 4 is 21.7 Å². The van der Waals surface area contributed by atoms with Crippen molar-refractivity contribution in [3.8, 4) is 11.3 Å². The molecule has 4 aromatic rings. The minimum Gasteiger partial charge on any atom is -0.267 e. The predicted octanol–water partition coefficient (Wildman–Crippen LogP) is 2.43. The summed E-state index contributed by atoms with van der Waals surface area (Å²) < 4.78 is 0. The van der Waals surface area contributed by atoms with Gasteiger partial charge in [-0.15, -0.1) is 0 Å². The quantitative estimate of drug-likeness (QED) is 0.528. The van der Waals surface area contributed by atoms with Gasteiger partial charge in [0.25, 0.3) is 11.1 Å². The second-order valence-electron chi connectivity index (χ2n) is 5.00. The highest BCUT2D eigenvalue weighted by Crippen LogP contribution is 2.27. The average molecular weight is 289 g/mol. The van der Waals surface area contributed by atoms with E-state index >= 15 is 0 Å². The minimum atomic E-state index is -0.355. The molecule has 5 heteroatoms. The van der Waals surface area contributed by atoms with Crippen molar-refractivity contribution in [1.29, 1.82) is 0 Å². The molecular weight excluding hydrogens is 278 g/mol. The molecule has 22 heavy (non-hydrogen) atoms. The second kappa shape index (κ2) is 4.66. The number of nitrogens with zero attached hydrogens (tertiary/aromatic N) is 1. The number of hydrogen-bond acceptors (Lipinski definition) is 3. The maximum atomic E-state index is 12.3. The van der Waals surface area contributed by atoms with Crippen LogP contribution in [0.3, 0.4) is 0 Å². The van der Waals surface area contributed by atoms with E-state index in [2.05, 4.69) is 15.2 Å². The number of aromatic nitrogens is 3. The summed E-state index contributed by atoms with van der Waals surface area (Å²) in [4.78, 5) is 29.2. The molecule has 0 aliphatic heterocycles. The Morgan fingerprint density at radius 3 is 2.14 bits per heavy atom. The molecule has 5 nitrogen and oxygen atoms in total. The lowest BCUT2D eigenvalue weighted by Gasteiger charge is -2.08. The van der Waals surface area contributed by atoms with Crippen LogP contribution in [-0.4, -0.2) is 15.2 Å². The van der Waals surface area contributed by atoms with Crippen LogP contribution < -0.4 is 11.1 Å². The van der Waals surface area contributed by atoms with E-state index in [1.165, 1.54) is 0 Å². The molecule has 2 heterocycles. The van der Waals surface area contributed by atoms with E-state index in [0.29, 0.717) is 27.4 Å². The molecule has 0 fully saturated rings. The third-order valence-corrected chi connectivity index (χ3v) is 3.68. The SMILES string of the molecule is O=c1[nH][nH]c(=O)c2c1c(-c1ccccc1)nc1ccccc12. The third kappa shape index (κ3) is 1.76. The van der Waals surface area contributed by atoms with Gasteiger partial charge in [0.15, 0.2) is 0 Å². The number of aromatic amines is 2. The zero-order valence-electron chi connectivity index (χ0n) is 11.5. The lowest BCUT2D eigenvalue weighted by atomic mass is 10.0. The Bertz CT molecular complexity index is 1110. The van der Waals surface area contributed by atoms with Gasteiger partial charge in [-0.1, -0.05) is 48.5 Å². The number of benzene rings is 2. The molecule has 0 radical (unpaired) electrons. The number of rotatable bonds is 1. The second-order valence-corrected chi connectivity index (χ2v) is 5.00. The Hall–Kier alpha value is -3.21. The first-order chi connectivity index (χ1) is 10.8. The molecule has 4 rings (SSSR count). The van der Waals surface area contributed by atoms with E-state index in [9.17, 15) is 9.59 Å². The van der Waals surface area contributed by atoms with Gasteiger partial charge >= 0.3 is 0 Å². The number of nitrogens with one attached hydrogen (secondary N) is 2. The van der Waals surface area contributed by atoms with E-state index in [0.717, 1.165) is 5.56 Å². The maximum absolute atomic E-state index is 12.3. The summed E-state index contributed by atoms with van der Waals surface area (Å²) in [6.45, 7) is 0. The summed E-state index contributed by atoms with van der Waals surface area (Å²) in [5.41, 5.74) is 1.32. The van der Waals surface area contributed by atoms with Crippen molar-refractivity contribution < 1.29 is 0 Å². The molecule has 0 atom stereocenters. The van der Waals surface area contributed by atoms with Gasteiger partial charge in [-0.3, -0.25) is 19.8 Å². The summed E-state index contributed by atoms with van der Waals surface area (Å²) >= 11 is 0. The van der Waals surface area contributed by atoms with E-state index < -0.39 is 0 Å². The zero-order valence-corrected chi connectivity index (χ0v) is 11.5. The standard InChI is InChI=1S/C17H11N3O2/c21-16-13-11-8-4-5-9-12(11)18-15(10-6-2-1-3-7-10)14(13)17(22)20-19-16/h1-9H,(H,19,21)(H,20,22). The summed E-state index contributed by atoms with van der Waals surface area (Å²) in [5.74, 6) is 0. The Balaban J connectivity index is 2.32. The van der Waals surface area contributed by atoms with Gasteiger partial charge in [-0.2, -0.15) is 0 Å². The number of fused-ring (bicyclic) bond motifs is 3. The average Bonchev–Trinajstić information content (AvgIpc) is 2.57. The number of hydrogen-bond donors (Lipinski definition) is 2. The van der Waals surface area contributed by atoms with E-state index in [-0.39, 0.29) is 11.1 Å². The van der Waals surface area contributed by atoms with Crippen molar-refractivity contribution in [2.24, 2.45) is 0 Å². The topological polar surface area (TPSA) is 78.6 Å². The molecule has 0 spiro atoms. The van der Waals surface area contributed by atoms with Crippen molar-refractivity contribution in [3.63, 3.8) is 0 Å². The van der Waals surface area contributed by atoms with Crippen LogP contribution >= 0.6 is 0 Å². The molecule has 0 aliphatic carbocycles. The van der Waals surface area contributed by atoms with Crippen molar-refractivity contribution in [2.45, 2.75) is 0 Å². The molecule has 0 saturated carbocycles. The van der Waals surface area contributed by atoms with Gasteiger partial charge in [0.1, 0.15) is 0 Å². The van der Waals surface area contributed by atoms with Crippen LogP contribution in [0.2, 0.25) is 0 Å². The molecule has 0 unspecified atom stereocenters. The van der Waals surface area contributed by atoms with Gasteiger partial charge in [0.05, 0.1) is 22.0 Å². The fraction of sp³-hybridized carbons (Fsp3) is 0. The first-order valence-corrected chi connectivity index (χ1v) is 6.84. The lowest BCUT2D eigenvalue weighted by Crippen LogP contribution is -2.20. The van der Waals surface area contributed by atoms with Crippen LogP contribution in [0.25, 0.3) is 32.9 Å². The Labute approximate surface area is 124 Å². The zero-order chi connectivity index (χ0) is 15.1. The fourth-order valence-corrected chi connectivity index (χ4v) is 2.71. The molecule has 0 saturated heterocycles. The molecule has 0 bridgehead atoms. The largest absolute Gasteiger partial charge is 0.272 e. The molecule has 2 aromatic carbocycles. The predicted molar refractivity (Wildman–Crippen MR) is 85.9 cm³/mol. The number of pyridine rings is 1. The van der Waals surface area contributed by atoms with Crippen LogP contribution in [0.15, 0.2) is 64.2 Å². The van der Waals surface area contributed by atoms with Crippen LogP contribution in [0, 0.1) is 0 Å². The highest BCUT2D eigenvalue weighted by Gasteiger charge is 2.15. The Morgan fingerprint density at radius 2 is 1.36 bits per heavy atom. The number of H-pyrrole nitrogens is 2. The molecular formula is C17H11N3O2. The highest BCUT2D eigenvalue weighted by molar-refractivity contribution is 6.09. The maximum Gasteiger partial charge on any atom is 0.272 e. The molecule has 2 N–H and O–H groups in total. The van der Waals surface area contributed by atoms with Crippen LogP contribution in [0.4, 0.5) is 0 Å². The van der Waals surface area contributed by atoms with Gasteiger partial charge in [-0.25, -0.2) is 4.98 Å². The summed E-state index contributed by atoms with van der Waals surface area (Å²) in [5, 5.41) is 6.13. The van der Waals surface area contributed by atoms with Gasteiger partial charge in [-0.05, 0) is 6.07 Å². The van der Waals surface area contributed by atoms with Crippen LogP contribution in [-0.2, 0) is 0 Å². The summed E-state index contributed by atoms with van der Waals surface area (Å²) in [7, 11) is 0. The summed E-state index contributed by atoms with van der Waals surface area (Å²) in [6, 6.07) is 16.7. The third-order valence-electron chi connectivity index (χ3n) is 3.68. The van der Waals surface area contributed by atoms with Crippen molar-refractivity contribution in [3.05, 3.63) is 75.3 Å². The fourth-order valence-electron chi connectivity index (χ4n) is 2.71. The lowest BCUT2D eigenvalue weighted by molar-refractivity contribution is 0.977.